The molecule has 1 unspecified atom stereocenters. The second-order valence-corrected chi connectivity index (χ2v) is 7.44. The molecule has 1 aliphatic heterocycles. The van der Waals surface area contributed by atoms with E-state index in [0.717, 1.165) is 56.3 Å². The summed E-state index contributed by atoms with van der Waals surface area (Å²) in [6, 6.07) is 5.78. The largest absolute Gasteiger partial charge is 0.497 e. The summed E-state index contributed by atoms with van der Waals surface area (Å²) in [6.45, 7) is 9.32. The lowest BCUT2D eigenvalue weighted by Gasteiger charge is -2.33. The molecule has 3 N–H and O–H groups in total. The number of rotatable bonds is 10. The maximum atomic E-state index is 10.7. The highest BCUT2D eigenvalue weighted by Crippen LogP contribution is 2.24. The smallest absolute Gasteiger partial charge is 0.191 e. The number of guanidine groups is 1. The van der Waals surface area contributed by atoms with Gasteiger partial charge in [-0.3, -0.25) is 9.89 Å². The second kappa shape index (κ2) is 13.9. The number of halogens is 1. The number of morpholine rings is 1. The summed E-state index contributed by atoms with van der Waals surface area (Å²) in [7, 11) is 3.32. The second-order valence-electron chi connectivity index (χ2n) is 7.44. The SMILES string of the molecule is CCNC(=NCC(C)(O)CN1CCOCC1)NCCc1cc(OC)ccc1OC.I. The Labute approximate surface area is 197 Å². The highest BCUT2D eigenvalue weighted by molar-refractivity contribution is 14.0. The van der Waals surface area contributed by atoms with Crippen LogP contribution in [-0.2, 0) is 11.2 Å². The quantitative estimate of drug-likeness (QED) is 0.238. The Hall–Kier alpha value is -1.30. The lowest BCUT2D eigenvalue weighted by molar-refractivity contribution is -0.0179. The third kappa shape index (κ3) is 9.23. The number of methoxy groups -OCH3 is 2. The molecule has 1 heterocycles. The Morgan fingerprint density at radius 1 is 1.23 bits per heavy atom. The topological polar surface area (TPSA) is 87.6 Å². The fourth-order valence-corrected chi connectivity index (χ4v) is 3.27. The zero-order chi connectivity index (χ0) is 21.1. The summed E-state index contributed by atoms with van der Waals surface area (Å²) in [4.78, 5) is 6.81. The Bertz CT molecular complexity index is 652. The van der Waals surface area contributed by atoms with E-state index in [4.69, 9.17) is 14.2 Å². The summed E-state index contributed by atoms with van der Waals surface area (Å²) in [6.07, 6.45) is 0.759. The highest BCUT2D eigenvalue weighted by atomic mass is 127. The molecule has 0 bridgehead atoms. The predicted octanol–water partition coefficient (Wildman–Crippen LogP) is 1.50. The summed E-state index contributed by atoms with van der Waals surface area (Å²) < 4.78 is 16.1. The fourth-order valence-electron chi connectivity index (χ4n) is 3.27. The first-order valence-corrected chi connectivity index (χ1v) is 10.2. The molecule has 0 saturated carbocycles. The highest BCUT2D eigenvalue weighted by Gasteiger charge is 2.25. The van der Waals surface area contributed by atoms with Gasteiger partial charge in [-0.25, -0.2) is 0 Å². The van der Waals surface area contributed by atoms with E-state index in [9.17, 15) is 5.11 Å². The lowest BCUT2D eigenvalue weighted by atomic mass is 10.1. The van der Waals surface area contributed by atoms with Crippen LogP contribution in [0.5, 0.6) is 11.5 Å². The molecule has 0 aromatic heterocycles. The van der Waals surface area contributed by atoms with Crippen LogP contribution in [0, 0.1) is 0 Å². The number of aliphatic hydroxyl groups is 1. The maximum Gasteiger partial charge on any atom is 0.191 e. The Kier molecular flexibility index (Phi) is 12.4. The molecule has 1 saturated heterocycles. The minimum atomic E-state index is -0.893. The number of nitrogens with one attached hydrogen (secondary N) is 2. The van der Waals surface area contributed by atoms with Crippen LogP contribution in [-0.4, -0.2) is 88.3 Å². The van der Waals surface area contributed by atoms with Crippen LogP contribution in [0.3, 0.4) is 0 Å². The number of benzene rings is 1. The van der Waals surface area contributed by atoms with E-state index in [1.54, 1.807) is 14.2 Å². The molecule has 172 valence electrons. The zero-order valence-corrected chi connectivity index (χ0v) is 20.9. The number of β-amino-alcohol motifs (C(OH)–C–C–N with tert-alkyl or cyclic N) is 1. The van der Waals surface area contributed by atoms with Crippen molar-refractivity contribution in [2.45, 2.75) is 25.9 Å². The van der Waals surface area contributed by atoms with Crippen molar-refractivity contribution in [3.05, 3.63) is 23.8 Å². The van der Waals surface area contributed by atoms with Crippen LogP contribution in [0.15, 0.2) is 23.2 Å². The Morgan fingerprint density at radius 3 is 2.60 bits per heavy atom. The van der Waals surface area contributed by atoms with Gasteiger partial charge < -0.3 is 30.0 Å². The first-order valence-electron chi connectivity index (χ1n) is 10.2. The molecule has 9 heteroatoms. The van der Waals surface area contributed by atoms with Crippen molar-refractivity contribution in [3.63, 3.8) is 0 Å². The molecule has 2 rings (SSSR count). The van der Waals surface area contributed by atoms with Gasteiger partial charge in [0.05, 0.1) is 39.6 Å². The average Bonchev–Trinajstić information content (AvgIpc) is 2.72. The van der Waals surface area contributed by atoms with Gasteiger partial charge in [0.15, 0.2) is 5.96 Å². The third-order valence-electron chi connectivity index (χ3n) is 4.76. The van der Waals surface area contributed by atoms with E-state index in [2.05, 4.69) is 20.5 Å². The van der Waals surface area contributed by atoms with E-state index >= 15 is 0 Å². The van der Waals surface area contributed by atoms with Gasteiger partial charge in [-0.2, -0.15) is 0 Å². The minimum absolute atomic E-state index is 0. The van der Waals surface area contributed by atoms with Gasteiger partial charge in [0, 0.05) is 32.7 Å². The van der Waals surface area contributed by atoms with Crippen molar-refractivity contribution >= 4 is 29.9 Å². The first-order chi connectivity index (χ1) is 14.0. The monoisotopic (exact) mass is 536 g/mol. The first kappa shape index (κ1) is 26.7. The van der Waals surface area contributed by atoms with E-state index in [1.165, 1.54) is 0 Å². The molecule has 1 aromatic rings. The van der Waals surface area contributed by atoms with Crippen LogP contribution in [0.4, 0.5) is 0 Å². The van der Waals surface area contributed by atoms with Crippen molar-refractivity contribution in [3.8, 4) is 11.5 Å². The van der Waals surface area contributed by atoms with Crippen molar-refractivity contribution in [2.75, 3.05) is 66.7 Å². The number of hydrogen-bond acceptors (Lipinski definition) is 6. The predicted molar refractivity (Wildman–Crippen MR) is 131 cm³/mol. The molecule has 0 amide bonds. The van der Waals surface area contributed by atoms with Crippen LogP contribution >= 0.6 is 24.0 Å². The van der Waals surface area contributed by atoms with Crippen LogP contribution in [0.2, 0.25) is 0 Å². The van der Waals surface area contributed by atoms with Crippen LogP contribution < -0.4 is 20.1 Å². The molecule has 0 radical (unpaired) electrons. The summed E-state index contributed by atoms with van der Waals surface area (Å²) in [5, 5.41) is 17.3. The van der Waals surface area contributed by atoms with Gasteiger partial charge in [0.2, 0.25) is 0 Å². The average molecular weight is 536 g/mol. The number of aliphatic imine (C=N–C) groups is 1. The number of nitrogens with zero attached hydrogens (tertiary/aromatic N) is 2. The molecule has 1 atom stereocenters. The van der Waals surface area contributed by atoms with Crippen LogP contribution in [0.1, 0.15) is 19.4 Å². The zero-order valence-electron chi connectivity index (χ0n) is 18.6. The van der Waals surface area contributed by atoms with Crippen LogP contribution in [0.25, 0.3) is 0 Å². The molecule has 0 aliphatic carbocycles. The molecular formula is C21H37IN4O4. The summed E-state index contributed by atoms with van der Waals surface area (Å²) in [5.41, 5.74) is 0.171. The Balaban J connectivity index is 0.00000450. The van der Waals surface area contributed by atoms with Gasteiger partial charge in [-0.1, -0.05) is 0 Å². The lowest BCUT2D eigenvalue weighted by Crippen LogP contribution is -2.48. The molecule has 0 spiro atoms. The summed E-state index contributed by atoms with van der Waals surface area (Å²) >= 11 is 0. The fraction of sp³-hybridized carbons (Fsp3) is 0.667. The molecular weight excluding hydrogens is 499 g/mol. The van der Waals surface area contributed by atoms with Gasteiger partial charge in [0.1, 0.15) is 11.5 Å². The number of ether oxygens (including phenoxy) is 3. The van der Waals surface area contributed by atoms with E-state index in [0.29, 0.717) is 25.6 Å². The van der Waals surface area contributed by atoms with Crippen molar-refractivity contribution in [2.24, 2.45) is 4.99 Å². The molecule has 1 fully saturated rings. The number of hydrogen-bond donors (Lipinski definition) is 3. The summed E-state index contributed by atoms with van der Waals surface area (Å²) in [5.74, 6) is 2.33. The normalized spacial score (nSPS) is 16.9. The standard InChI is InChI=1S/C21H36N4O4.HI/c1-5-22-20(24-15-21(2,26)16-25-10-12-29-13-11-25)23-9-8-17-14-18(27-3)6-7-19(17)28-4;/h6-7,14,26H,5,8-13,15-16H2,1-4H3,(H2,22,23,24);1H. The van der Waals surface area contributed by atoms with Crippen molar-refractivity contribution in [1.82, 2.24) is 15.5 Å². The van der Waals surface area contributed by atoms with Crippen molar-refractivity contribution < 1.29 is 19.3 Å². The van der Waals surface area contributed by atoms with Crippen molar-refractivity contribution in [1.29, 1.82) is 0 Å². The maximum absolute atomic E-state index is 10.7. The molecule has 8 nitrogen and oxygen atoms in total. The van der Waals surface area contributed by atoms with E-state index < -0.39 is 5.60 Å². The Morgan fingerprint density at radius 2 is 1.97 bits per heavy atom. The molecule has 1 aromatic carbocycles. The van der Waals surface area contributed by atoms with Gasteiger partial charge in [-0.05, 0) is 44.0 Å². The third-order valence-corrected chi connectivity index (χ3v) is 4.76. The van der Waals surface area contributed by atoms with Gasteiger partial charge >= 0.3 is 0 Å². The minimum Gasteiger partial charge on any atom is -0.497 e. The van der Waals surface area contributed by atoms with Gasteiger partial charge in [-0.15, -0.1) is 24.0 Å². The van der Waals surface area contributed by atoms with E-state index in [-0.39, 0.29) is 24.0 Å². The molecule has 1 aliphatic rings. The van der Waals surface area contributed by atoms with E-state index in [1.807, 2.05) is 32.0 Å². The van der Waals surface area contributed by atoms with Gasteiger partial charge in [0.25, 0.3) is 0 Å². The molecule has 30 heavy (non-hydrogen) atoms.